The van der Waals surface area contributed by atoms with Gasteiger partial charge in [0.2, 0.25) is 0 Å². The Morgan fingerprint density at radius 1 is 1.75 bits per heavy atom. The van der Waals surface area contributed by atoms with E-state index < -0.39 is 9.76 Å². The van der Waals surface area contributed by atoms with Crippen molar-refractivity contribution in [3.8, 4) is 0 Å². The molecular weight excluding hydrogens is 79.1 g/mol. The molecule has 0 fully saturated rings. The fraction of sp³-hybridized carbons (Fsp3) is 1.00. The van der Waals surface area contributed by atoms with Gasteiger partial charge in [-0.05, 0) is 0 Å². The molecule has 0 unspecified atom stereocenters. The molecule has 0 aromatic rings. The van der Waals surface area contributed by atoms with Crippen LogP contribution in [0.25, 0.3) is 0 Å². The first-order valence-electron chi connectivity index (χ1n) is 1.02. The van der Waals surface area contributed by atoms with E-state index in [1.165, 1.54) is 0 Å². The fourth-order valence-electron chi connectivity index (χ4n) is 0. The van der Waals surface area contributed by atoms with E-state index in [9.17, 15) is 0 Å². The van der Waals surface area contributed by atoms with Gasteiger partial charge >= 0.3 is 0 Å². The Bertz CT molecular complexity index is 8.00. The van der Waals surface area contributed by atoms with E-state index in [4.69, 9.17) is 4.80 Å². The van der Waals surface area contributed by atoms with Gasteiger partial charge in [0.1, 0.15) is 0 Å². The van der Waals surface area contributed by atoms with Crippen molar-refractivity contribution in [2.45, 2.75) is 6.55 Å². The van der Waals surface area contributed by atoms with Crippen molar-refractivity contribution in [3.63, 3.8) is 0 Å². The molecule has 1 nitrogen and oxygen atoms in total. The fourth-order valence-corrected chi connectivity index (χ4v) is 0. The van der Waals surface area contributed by atoms with Crippen LogP contribution in [0.4, 0.5) is 0 Å². The van der Waals surface area contributed by atoms with Gasteiger partial charge in [-0.15, -0.1) is 0 Å². The normalized spacial score (nSPS) is 7.50. The monoisotopic (exact) mass is 85.0 g/mol. The molecular formula is CH6NaOSi. The van der Waals surface area contributed by atoms with Crippen LogP contribution in [0.2, 0.25) is 6.55 Å². The van der Waals surface area contributed by atoms with E-state index >= 15 is 0 Å². The first kappa shape index (κ1) is 8.95. The van der Waals surface area contributed by atoms with Gasteiger partial charge in [0.05, 0.1) is 0 Å². The topological polar surface area (TPSA) is 20.2 Å². The van der Waals surface area contributed by atoms with Crippen LogP contribution in [-0.4, -0.2) is 44.1 Å². The second-order valence-electron chi connectivity index (χ2n) is 0.316. The molecule has 3 heteroatoms. The largest absolute Gasteiger partial charge is 0.438 e. The molecule has 0 amide bonds. The van der Waals surface area contributed by atoms with E-state index in [0.717, 1.165) is 0 Å². The maximum atomic E-state index is 7.71. The minimum absolute atomic E-state index is 0. The molecule has 1 radical (unpaired) electrons. The predicted molar refractivity (Wildman–Crippen MR) is 22.4 cm³/mol. The van der Waals surface area contributed by atoms with Crippen molar-refractivity contribution >= 4 is 39.3 Å². The van der Waals surface area contributed by atoms with Crippen LogP contribution in [0.1, 0.15) is 0 Å². The Morgan fingerprint density at radius 2 is 1.75 bits per heavy atom. The molecule has 0 aliphatic heterocycles. The quantitative estimate of drug-likeness (QED) is 0.364. The average Bonchev–Trinajstić information content (AvgIpc) is 0.918. The zero-order chi connectivity index (χ0) is 2.71. The van der Waals surface area contributed by atoms with Crippen molar-refractivity contribution in [1.29, 1.82) is 0 Å². The third-order valence-corrected chi connectivity index (χ3v) is 0. The Balaban J connectivity index is 0. The number of rotatable bonds is 0. The Kier molecular flexibility index (Phi) is 19.9. The molecule has 0 saturated heterocycles. The molecule has 0 aliphatic rings. The van der Waals surface area contributed by atoms with Crippen molar-refractivity contribution in [1.82, 2.24) is 0 Å². The van der Waals surface area contributed by atoms with Crippen molar-refractivity contribution in [2.24, 2.45) is 0 Å². The van der Waals surface area contributed by atoms with E-state index in [1.54, 1.807) is 0 Å². The maximum Gasteiger partial charge on any atom is 0.153 e. The summed E-state index contributed by atoms with van der Waals surface area (Å²) in [4.78, 5) is 7.71. The SMILES string of the molecule is C[SiH2]O.[Na]. The summed E-state index contributed by atoms with van der Waals surface area (Å²) < 4.78 is 0. The number of hydrogen-bond donors (Lipinski definition) is 1. The molecule has 4 heavy (non-hydrogen) atoms. The smallest absolute Gasteiger partial charge is 0.153 e. The van der Waals surface area contributed by atoms with Crippen LogP contribution in [-0.2, 0) is 0 Å². The summed E-state index contributed by atoms with van der Waals surface area (Å²) in [7, 11) is -0.583. The molecule has 0 spiro atoms. The minimum Gasteiger partial charge on any atom is -0.438 e. The average molecular weight is 85.1 g/mol. The summed E-state index contributed by atoms with van der Waals surface area (Å²) >= 11 is 0. The Morgan fingerprint density at radius 3 is 1.75 bits per heavy atom. The second kappa shape index (κ2) is 8.90. The van der Waals surface area contributed by atoms with Crippen LogP contribution in [0.5, 0.6) is 0 Å². The first-order valence-corrected chi connectivity index (χ1v) is 3.07. The molecule has 1 N–H and O–H groups in total. The maximum absolute atomic E-state index is 7.71. The predicted octanol–water partition coefficient (Wildman–Crippen LogP) is -1.27. The van der Waals surface area contributed by atoms with Gasteiger partial charge in [-0.25, -0.2) is 0 Å². The summed E-state index contributed by atoms with van der Waals surface area (Å²) in [6.07, 6.45) is 0. The van der Waals surface area contributed by atoms with E-state index in [-0.39, 0.29) is 29.6 Å². The van der Waals surface area contributed by atoms with Crippen molar-refractivity contribution in [3.05, 3.63) is 0 Å². The van der Waals surface area contributed by atoms with Crippen LogP contribution < -0.4 is 0 Å². The summed E-state index contributed by atoms with van der Waals surface area (Å²) in [5.74, 6) is 0. The van der Waals surface area contributed by atoms with Crippen LogP contribution in [0.15, 0.2) is 0 Å². The third-order valence-electron chi connectivity index (χ3n) is 0. The zero-order valence-electron chi connectivity index (χ0n) is 3.15. The van der Waals surface area contributed by atoms with E-state index in [1.807, 2.05) is 6.55 Å². The molecule has 0 aliphatic carbocycles. The van der Waals surface area contributed by atoms with Crippen LogP contribution >= 0.6 is 0 Å². The van der Waals surface area contributed by atoms with E-state index in [0.29, 0.717) is 0 Å². The summed E-state index contributed by atoms with van der Waals surface area (Å²) in [5, 5.41) is 0. The Labute approximate surface area is 50.6 Å². The third kappa shape index (κ3) is 10.9. The number of hydrogen-bond acceptors (Lipinski definition) is 1. The van der Waals surface area contributed by atoms with Crippen molar-refractivity contribution in [2.75, 3.05) is 0 Å². The summed E-state index contributed by atoms with van der Waals surface area (Å²) in [6, 6.07) is 0. The molecule has 0 aromatic carbocycles. The molecule has 0 saturated carbocycles. The van der Waals surface area contributed by atoms with Gasteiger partial charge in [-0.1, -0.05) is 6.55 Å². The van der Waals surface area contributed by atoms with Gasteiger partial charge < -0.3 is 4.80 Å². The molecule has 0 atom stereocenters. The molecule has 0 rings (SSSR count). The van der Waals surface area contributed by atoms with Gasteiger partial charge in [-0.3, -0.25) is 0 Å². The van der Waals surface area contributed by atoms with Crippen LogP contribution in [0.3, 0.4) is 0 Å². The Hall–Kier alpha value is 1.18. The molecule has 21 valence electrons. The summed E-state index contributed by atoms with van der Waals surface area (Å²) in [5.41, 5.74) is 0. The van der Waals surface area contributed by atoms with Gasteiger partial charge in [0.25, 0.3) is 0 Å². The molecule has 0 bridgehead atoms. The summed E-state index contributed by atoms with van der Waals surface area (Å²) in [6.45, 7) is 1.82. The van der Waals surface area contributed by atoms with Crippen molar-refractivity contribution < 1.29 is 4.80 Å². The zero-order valence-corrected chi connectivity index (χ0v) is 6.57. The first-order chi connectivity index (χ1) is 1.41. The standard InChI is InChI=1S/CH6OSi.Na/c1-3-2;/h2H,3H2,1H3;. The minimum atomic E-state index is -0.583. The van der Waals surface area contributed by atoms with Gasteiger partial charge in [0, 0.05) is 29.6 Å². The molecule has 0 heterocycles. The van der Waals surface area contributed by atoms with E-state index in [2.05, 4.69) is 0 Å². The van der Waals surface area contributed by atoms with Gasteiger partial charge in [0.15, 0.2) is 9.76 Å². The van der Waals surface area contributed by atoms with Gasteiger partial charge in [-0.2, -0.15) is 0 Å². The second-order valence-corrected chi connectivity index (χ2v) is 0.949. The van der Waals surface area contributed by atoms with Crippen LogP contribution in [0, 0.1) is 0 Å². The molecule has 0 aromatic heterocycles.